The fraction of sp³-hybridized carbons (Fsp3) is 0.385. The smallest absolute Gasteiger partial charge is 0.310 e. The minimum absolute atomic E-state index is 0.0262. The molecular weight excluding hydrogens is 216 g/mol. The molecule has 2 atom stereocenters. The zero-order valence-corrected chi connectivity index (χ0v) is 9.64. The van der Waals surface area contributed by atoms with Crippen LogP contribution in [0.2, 0.25) is 0 Å². The quantitative estimate of drug-likeness (QED) is 0.771. The maximum absolute atomic E-state index is 11.7. The molecule has 1 aromatic carbocycles. The van der Waals surface area contributed by atoms with Gasteiger partial charge in [0.2, 0.25) is 0 Å². The average Bonchev–Trinajstić information content (AvgIpc) is 2.86. The van der Waals surface area contributed by atoms with E-state index in [0.717, 1.165) is 5.56 Å². The summed E-state index contributed by atoms with van der Waals surface area (Å²) >= 11 is 0. The van der Waals surface area contributed by atoms with Gasteiger partial charge in [-0.25, -0.2) is 0 Å². The van der Waals surface area contributed by atoms with Gasteiger partial charge in [0.1, 0.15) is 0 Å². The maximum Gasteiger partial charge on any atom is 0.310 e. The summed E-state index contributed by atoms with van der Waals surface area (Å²) in [7, 11) is 1.40. The van der Waals surface area contributed by atoms with E-state index in [9.17, 15) is 4.79 Å². The second-order valence-electron chi connectivity index (χ2n) is 4.09. The van der Waals surface area contributed by atoms with Crippen LogP contribution < -0.4 is 5.32 Å². The standard InChI is InChI=1S/C13H14N2O2/c1-17-13(16)12-8-15-7-11(12)10-5-3-2-4-9(10)6-14/h2-5,11-12,15H,7-8H2,1H3/t11-,12+/m1/s1. The Morgan fingerprint density at radius 2 is 2.24 bits per heavy atom. The fourth-order valence-corrected chi connectivity index (χ4v) is 2.33. The van der Waals surface area contributed by atoms with E-state index in [1.54, 1.807) is 6.07 Å². The first kappa shape index (κ1) is 11.6. The topological polar surface area (TPSA) is 62.1 Å². The number of benzene rings is 1. The molecule has 0 spiro atoms. The lowest BCUT2D eigenvalue weighted by Gasteiger charge is -2.17. The lowest BCUT2D eigenvalue weighted by molar-refractivity contribution is -0.145. The van der Waals surface area contributed by atoms with Crippen molar-refractivity contribution in [3.8, 4) is 6.07 Å². The maximum atomic E-state index is 11.7. The molecule has 4 heteroatoms. The number of ether oxygens (including phenoxy) is 1. The summed E-state index contributed by atoms with van der Waals surface area (Å²) in [6.07, 6.45) is 0. The molecule has 17 heavy (non-hydrogen) atoms. The highest BCUT2D eigenvalue weighted by molar-refractivity contribution is 5.74. The highest BCUT2D eigenvalue weighted by Crippen LogP contribution is 2.30. The number of nitrogens with one attached hydrogen (secondary N) is 1. The van der Waals surface area contributed by atoms with E-state index < -0.39 is 0 Å². The van der Waals surface area contributed by atoms with Crippen LogP contribution in [0, 0.1) is 17.2 Å². The zero-order valence-electron chi connectivity index (χ0n) is 9.64. The Balaban J connectivity index is 2.33. The highest BCUT2D eigenvalue weighted by atomic mass is 16.5. The van der Waals surface area contributed by atoms with Crippen molar-refractivity contribution in [1.82, 2.24) is 5.32 Å². The van der Waals surface area contributed by atoms with Crippen LogP contribution in [-0.2, 0) is 9.53 Å². The van der Waals surface area contributed by atoms with Gasteiger partial charge >= 0.3 is 5.97 Å². The molecule has 0 radical (unpaired) electrons. The van der Waals surface area contributed by atoms with E-state index in [1.165, 1.54) is 7.11 Å². The average molecular weight is 230 g/mol. The summed E-state index contributed by atoms with van der Waals surface area (Å²) in [5, 5.41) is 12.3. The van der Waals surface area contributed by atoms with E-state index >= 15 is 0 Å². The molecule has 0 bridgehead atoms. The van der Waals surface area contributed by atoms with Crippen molar-refractivity contribution in [3.63, 3.8) is 0 Å². The van der Waals surface area contributed by atoms with Crippen LogP contribution in [0.5, 0.6) is 0 Å². The summed E-state index contributed by atoms with van der Waals surface area (Å²) in [4.78, 5) is 11.7. The minimum Gasteiger partial charge on any atom is -0.469 e. The van der Waals surface area contributed by atoms with Gasteiger partial charge in [0.25, 0.3) is 0 Å². The van der Waals surface area contributed by atoms with Gasteiger partial charge < -0.3 is 10.1 Å². The minimum atomic E-state index is -0.215. The zero-order chi connectivity index (χ0) is 12.3. The van der Waals surface area contributed by atoms with Crippen molar-refractivity contribution in [2.24, 2.45) is 5.92 Å². The van der Waals surface area contributed by atoms with E-state index in [4.69, 9.17) is 10.00 Å². The second kappa shape index (κ2) is 4.98. The van der Waals surface area contributed by atoms with E-state index in [1.807, 2.05) is 18.2 Å². The lowest BCUT2D eigenvalue weighted by atomic mass is 9.86. The molecule has 0 aromatic heterocycles. The molecule has 88 valence electrons. The third-order valence-electron chi connectivity index (χ3n) is 3.20. The number of hydrogen-bond acceptors (Lipinski definition) is 4. The Kier molecular flexibility index (Phi) is 3.40. The first-order valence-electron chi connectivity index (χ1n) is 5.55. The third-order valence-corrected chi connectivity index (χ3v) is 3.20. The van der Waals surface area contributed by atoms with Gasteiger partial charge in [-0.1, -0.05) is 18.2 Å². The number of rotatable bonds is 2. The number of carbonyl (C=O) groups is 1. The molecular formula is C13H14N2O2. The monoisotopic (exact) mass is 230 g/mol. The van der Waals surface area contributed by atoms with Crippen LogP contribution in [0.4, 0.5) is 0 Å². The van der Waals surface area contributed by atoms with Crippen LogP contribution >= 0.6 is 0 Å². The first-order valence-corrected chi connectivity index (χ1v) is 5.55. The fourth-order valence-electron chi connectivity index (χ4n) is 2.33. The van der Waals surface area contributed by atoms with Crippen molar-refractivity contribution in [1.29, 1.82) is 5.26 Å². The van der Waals surface area contributed by atoms with Crippen molar-refractivity contribution in [2.75, 3.05) is 20.2 Å². The van der Waals surface area contributed by atoms with Gasteiger partial charge in [-0.3, -0.25) is 4.79 Å². The summed E-state index contributed by atoms with van der Waals surface area (Å²) in [5.41, 5.74) is 1.56. The van der Waals surface area contributed by atoms with Gasteiger partial charge in [-0.05, 0) is 11.6 Å². The second-order valence-corrected chi connectivity index (χ2v) is 4.09. The van der Waals surface area contributed by atoms with E-state index in [0.29, 0.717) is 18.7 Å². The van der Waals surface area contributed by atoms with Crippen LogP contribution in [0.15, 0.2) is 24.3 Å². The SMILES string of the molecule is COC(=O)[C@H]1CNC[C@@H]1c1ccccc1C#N. The summed E-state index contributed by atoms with van der Waals surface area (Å²) < 4.78 is 4.80. The predicted molar refractivity (Wildman–Crippen MR) is 62.3 cm³/mol. The number of nitrogens with zero attached hydrogens (tertiary/aromatic N) is 1. The Morgan fingerprint density at radius 1 is 1.47 bits per heavy atom. The third kappa shape index (κ3) is 2.15. The summed E-state index contributed by atoms with van der Waals surface area (Å²) in [6.45, 7) is 1.32. The largest absolute Gasteiger partial charge is 0.469 e. The number of esters is 1. The highest BCUT2D eigenvalue weighted by Gasteiger charge is 2.35. The van der Waals surface area contributed by atoms with Gasteiger partial charge in [0, 0.05) is 19.0 Å². The van der Waals surface area contributed by atoms with Gasteiger partial charge in [0.15, 0.2) is 0 Å². The molecule has 0 amide bonds. The summed E-state index contributed by atoms with van der Waals surface area (Å²) in [5.74, 6) is -0.388. The van der Waals surface area contributed by atoms with Crippen LogP contribution in [-0.4, -0.2) is 26.2 Å². The molecule has 0 unspecified atom stereocenters. The molecule has 1 saturated heterocycles. The molecule has 1 fully saturated rings. The Hall–Kier alpha value is -1.86. The Morgan fingerprint density at radius 3 is 2.94 bits per heavy atom. The van der Waals surface area contributed by atoms with Crippen LogP contribution in [0.1, 0.15) is 17.0 Å². The van der Waals surface area contributed by atoms with Crippen molar-refractivity contribution in [2.45, 2.75) is 5.92 Å². The number of methoxy groups -OCH3 is 1. The molecule has 1 aliphatic heterocycles. The van der Waals surface area contributed by atoms with Crippen LogP contribution in [0.3, 0.4) is 0 Å². The van der Waals surface area contributed by atoms with Gasteiger partial charge in [-0.2, -0.15) is 5.26 Å². The number of hydrogen-bond donors (Lipinski definition) is 1. The van der Waals surface area contributed by atoms with Crippen molar-refractivity contribution >= 4 is 5.97 Å². The molecule has 4 nitrogen and oxygen atoms in total. The molecule has 1 aliphatic rings. The van der Waals surface area contributed by atoms with Crippen molar-refractivity contribution in [3.05, 3.63) is 35.4 Å². The molecule has 0 aliphatic carbocycles. The summed E-state index contributed by atoms with van der Waals surface area (Å²) in [6, 6.07) is 9.58. The number of carbonyl (C=O) groups excluding carboxylic acids is 1. The number of nitriles is 1. The van der Waals surface area contributed by atoms with E-state index in [2.05, 4.69) is 11.4 Å². The molecule has 0 saturated carbocycles. The van der Waals surface area contributed by atoms with Gasteiger partial charge in [0.05, 0.1) is 24.7 Å². The molecule has 1 N–H and O–H groups in total. The van der Waals surface area contributed by atoms with Gasteiger partial charge in [-0.15, -0.1) is 0 Å². The Bertz CT molecular complexity index is 465. The lowest BCUT2D eigenvalue weighted by Crippen LogP contribution is -2.23. The van der Waals surface area contributed by atoms with Crippen LogP contribution in [0.25, 0.3) is 0 Å². The molecule has 1 heterocycles. The first-order chi connectivity index (χ1) is 8.27. The van der Waals surface area contributed by atoms with Crippen molar-refractivity contribution < 1.29 is 9.53 Å². The molecule has 2 rings (SSSR count). The Labute approximate surface area is 100 Å². The predicted octanol–water partition coefficient (Wildman–Crippen LogP) is 1.03. The normalized spacial score (nSPS) is 23.1. The van der Waals surface area contributed by atoms with E-state index in [-0.39, 0.29) is 17.8 Å². The molecule has 1 aromatic rings.